The first-order chi connectivity index (χ1) is 12.0. The number of esters is 1. The van der Waals surface area contributed by atoms with Crippen LogP contribution in [0.4, 0.5) is 14.9 Å². The number of rotatable bonds is 6. The minimum Gasteiger partial charge on any atom is -0.485 e. The number of nitro groups is 1. The van der Waals surface area contributed by atoms with Crippen LogP contribution in [0.3, 0.4) is 0 Å². The molecule has 1 aromatic carbocycles. The zero-order chi connectivity index (χ0) is 20.1. The van der Waals surface area contributed by atoms with Gasteiger partial charge in [0.15, 0.2) is 0 Å². The fraction of sp³-hybridized carbons (Fsp3) is 0.500. The maximum atomic E-state index is 13.9. The van der Waals surface area contributed by atoms with E-state index in [1.807, 2.05) is 0 Å². The van der Waals surface area contributed by atoms with Gasteiger partial charge in [-0.25, -0.2) is 9.59 Å². The first-order valence-electron chi connectivity index (χ1n) is 7.59. The molecule has 0 atom stereocenters. The SMILES string of the molecule is COC(=O)c1cc(F)c([N+](=O)[O-])c(OCCN(C)C(=O)OC(C)(C)C)c1. The van der Waals surface area contributed by atoms with Gasteiger partial charge in [0.25, 0.3) is 0 Å². The molecule has 0 unspecified atom stereocenters. The number of ether oxygens (including phenoxy) is 3. The Hall–Kier alpha value is -2.91. The molecule has 1 aromatic rings. The molecule has 0 saturated heterocycles. The van der Waals surface area contributed by atoms with Gasteiger partial charge in [0.2, 0.25) is 11.6 Å². The van der Waals surface area contributed by atoms with Crippen LogP contribution in [0.2, 0.25) is 0 Å². The number of nitro benzene ring substituents is 1. The van der Waals surface area contributed by atoms with E-state index in [0.29, 0.717) is 6.07 Å². The van der Waals surface area contributed by atoms with Crippen LogP contribution >= 0.6 is 0 Å². The maximum absolute atomic E-state index is 13.9. The second kappa shape index (κ2) is 8.45. The number of methoxy groups -OCH3 is 1. The monoisotopic (exact) mass is 372 g/mol. The quantitative estimate of drug-likeness (QED) is 0.429. The van der Waals surface area contributed by atoms with E-state index in [-0.39, 0.29) is 18.7 Å². The van der Waals surface area contributed by atoms with Crippen LogP contribution < -0.4 is 4.74 Å². The second-order valence-corrected chi connectivity index (χ2v) is 6.30. The minimum absolute atomic E-state index is 0.0239. The normalized spacial score (nSPS) is 10.8. The van der Waals surface area contributed by atoms with E-state index < -0.39 is 39.8 Å². The van der Waals surface area contributed by atoms with Crippen molar-refractivity contribution >= 4 is 17.7 Å². The summed E-state index contributed by atoms with van der Waals surface area (Å²) in [4.78, 5) is 34.6. The summed E-state index contributed by atoms with van der Waals surface area (Å²) in [7, 11) is 2.55. The maximum Gasteiger partial charge on any atom is 0.410 e. The standard InChI is InChI=1S/C16H21FN2O7/c1-16(2,3)26-15(21)18(4)6-7-25-12-9-10(14(20)24-5)8-11(17)13(12)19(22)23/h8-9H,6-7H2,1-5H3. The third kappa shape index (κ3) is 5.87. The fourth-order valence-corrected chi connectivity index (χ4v) is 1.82. The van der Waals surface area contributed by atoms with Crippen LogP contribution in [-0.2, 0) is 9.47 Å². The summed E-state index contributed by atoms with van der Waals surface area (Å²) in [6, 6.07) is 1.71. The molecule has 0 aromatic heterocycles. The van der Waals surface area contributed by atoms with Crippen LogP contribution in [0.25, 0.3) is 0 Å². The predicted octanol–water partition coefficient (Wildman–Crippen LogP) is 2.77. The third-order valence-electron chi connectivity index (χ3n) is 3.02. The zero-order valence-corrected chi connectivity index (χ0v) is 15.2. The molecule has 0 spiro atoms. The topological polar surface area (TPSA) is 108 Å². The largest absolute Gasteiger partial charge is 0.485 e. The van der Waals surface area contributed by atoms with E-state index in [4.69, 9.17) is 9.47 Å². The van der Waals surface area contributed by atoms with E-state index >= 15 is 0 Å². The number of hydrogen-bond donors (Lipinski definition) is 0. The Bertz CT molecular complexity index is 701. The molecule has 1 amide bonds. The Balaban J connectivity index is 2.88. The van der Waals surface area contributed by atoms with Crippen molar-refractivity contribution in [1.29, 1.82) is 0 Å². The smallest absolute Gasteiger partial charge is 0.410 e. The van der Waals surface area contributed by atoms with Crippen LogP contribution in [-0.4, -0.2) is 54.8 Å². The summed E-state index contributed by atoms with van der Waals surface area (Å²) < 4.78 is 28.8. The number of likely N-dealkylation sites (N-methyl/N-ethyl adjacent to an activating group) is 1. The van der Waals surface area contributed by atoms with Crippen LogP contribution in [0, 0.1) is 15.9 Å². The van der Waals surface area contributed by atoms with Gasteiger partial charge in [-0.2, -0.15) is 4.39 Å². The number of halogens is 1. The summed E-state index contributed by atoms with van der Waals surface area (Å²) in [5.41, 5.74) is -1.81. The van der Waals surface area contributed by atoms with Crippen molar-refractivity contribution in [3.8, 4) is 5.75 Å². The number of carbonyl (C=O) groups excluding carboxylic acids is 2. The molecule has 0 saturated carbocycles. The van der Waals surface area contributed by atoms with E-state index in [2.05, 4.69) is 4.74 Å². The molecule has 0 aliphatic heterocycles. The number of hydrogen-bond acceptors (Lipinski definition) is 7. The van der Waals surface area contributed by atoms with Gasteiger partial charge in [0.05, 0.1) is 24.1 Å². The van der Waals surface area contributed by atoms with Gasteiger partial charge in [-0.1, -0.05) is 0 Å². The average Bonchev–Trinajstić information content (AvgIpc) is 2.51. The van der Waals surface area contributed by atoms with Crippen LogP contribution in [0.15, 0.2) is 12.1 Å². The summed E-state index contributed by atoms with van der Waals surface area (Å²) in [5.74, 6) is -2.53. The fourth-order valence-electron chi connectivity index (χ4n) is 1.82. The van der Waals surface area contributed by atoms with E-state index in [1.165, 1.54) is 11.9 Å². The Labute approximate surface area is 149 Å². The van der Waals surface area contributed by atoms with Gasteiger partial charge in [0.1, 0.15) is 12.2 Å². The zero-order valence-electron chi connectivity index (χ0n) is 15.2. The van der Waals surface area contributed by atoms with Gasteiger partial charge >= 0.3 is 17.7 Å². The summed E-state index contributed by atoms with van der Waals surface area (Å²) in [5, 5.41) is 11.0. The van der Waals surface area contributed by atoms with Crippen molar-refractivity contribution in [2.45, 2.75) is 26.4 Å². The predicted molar refractivity (Wildman–Crippen MR) is 88.8 cm³/mol. The number of nitrogens with zero attached hydrogens (tertiary/aromatic N) is 2. The third-order valence-corrected chi connectivity index (χ3v) is 3.02. The van der Waals surface area contributed by atoms with Crippen molar-refractivity contribution < 1.29 is 33.1 Å². The lowest BCUT2D eigenvalue weighted by Crippen LogP contribution is -2.36. The molecule has 0 heterocycles. The van der Waals surface area contributed by atoms with E-state index in [9.17, 15) is 24.1 Å². The highest BCUT2D eigenvalue weighted by molar-refractivity contribution is 5.90. The molecule has 9 nitrogen and oxygen atoms in total. The summed E-state index contributed by atoms with van der Waals surface area (Å²) >= 11 is 0. The Morgan fingerprint density at radius 1 is 1.31 bits per heavy atom. The van der Waals surface area contributed by atoms with Gasteiger partial charge in [-0.05, 0) is 26.8 Å². The number of amides is 1. The first-order valence-corrected chi connectivity index (χ1v) is 7.59. The molecular weight excluding hydrogens is 351 g/mol. The van der Waals surface area contributed by atoms with Gasteiger partial charge in [-0.3, -0.25) is 10.1 Å². The molecule has 0 aliphatic rings. The van der Waals surface area contributed by atoms with E-state index in [1.54, 1.807) is 20.8 Å². The molecule has 0 bridgehead atoms. The highest BCUT2D eigenvalue weighted by atomic mass is 19.1. The average molecular weight is 372 g/mol. The lowest BCUT2D eigenvalue weighted by Gasteiger charge is -2.24. The molecule has 0 radical (unpaired) electrons. The molecule has 26 heavy (non-hydrogen) atoms. The molecule has 0 N–H and O–H groups in total. The number of carbonyl (C=O) groups is 2. The molecule has 0 aliphatic carbocycles. The lowest BCUT2D eigenvalue weighted by atomic mass is 10.2. The van der Waals surface area contributed by atoms with Crippen molar-refractivity contribution in [3.05, 3.63) is 33.6 Å². The van der Waals surface area contributed by atoms with Crippen molar-refractivity contribution in [2.24, 2.45) is 0 Å². The highest BCUT2D eigenvalue weighted by Crippen LogP contribution is 2.31. The Morgan fingerprint density at radius 3 is 2.42 bits per heavy atom. The first kappa shape index (κ1) is 21.1. The van der Waals surface area contributed by atoms with Crippen molar-refractivity contribution in [2.75, 3.05) is 27.3 Å². The minimum atomic E-state index is -1.23. The Morgan fingerprint density at radius 2 is 1.92 bits per heavy atom. The van der Waals surface area contributed by atoms with Gasteiger partial charge in [0, 0.05) is 13.1 Å². The summed E-state index contributed by atoms with van der Waals surface area (Å²) in [6.07, 6.45) is -0.606. The van der Waals surface area contributed by atoms with Crippen molar-refractivity contribution in [1.82, 2.24) is 4.90 Å². The lowest BCUT2D eigenvalue weighted by molar-refractivity contribution is -0.388. The number of benzene rings is 1. The van der Waals surface area contributed by atoms with Gasteiger partial charge < -0.3 is 19.1 Å². The van der Waals surface area contributed by atoms with Gasteiger partial charge in [-0.15, -0.1) is 0 Å². The molecule has 1 rings (SSSR count). The molecule has 0 fully saturated rings. The van der Waals surface area contributed by atoms with Crippen LogP contribution in [0.5, 0.6) is 5.75 Å². The second-order valence-electron chi connectivity index (χ2n) is 6.30. The molecule has 10 heteroatoms. The van der Waals surface area contributed by atoms with Crippen molar-refractivity contribution in [3.63, 3.8) is 0 Å². The highest BCUT2D eigenvalue weighted by Gasteiger charge is 2.26. The van der Waals surface area contributed by atoms with E-state index in [0.717, 1.165) is 13.2 Å². The Kier molecular flexibility index (Phi) is 6.87. The summed E-state index contributed by atoms with van der Waals surface area (Å²) in [6.45, 7) is 4.97. The molecular formula is C16H21FN2O7. The molecule has 144 valence electrons. The van der Waals surface area contributed by atoms with Crippen LogP contribution in [0.1, 0.15) is 31.1 Å².